The third-order valence-corrected chi connectivity index (χ3v) is 3.35. The van der Waals surface area contributed by atoms with Crippen LogP contribution in [0, 0.1) is 6.92 Å². The smallest absolute Gasteiger partial charge is 0.0897 e. The molecule has 1 aromatic heterocycles. The van der Waals surface area contributed by atoms with Crippen LogP contribution in [-0.2, 0) is 6.42 Å². The van der Waals surface area contributed by atoms with Crippen molar-refractivity contribution in [2.24, 2.45) is 0 Å². The van der Waals surface area contributed by atoms with Gasteiger partial charge in [0.1, 0.15) is 0 Å². The second-order valence-corrected chi connectivity index (χ2v) is 5.17. The van der Waals surface area contributed by atoms with Crippen molar-refractivity contribution in [1.29, 1.82) is 0 Å². The molecule has 0 saturated heterocycles. The maximum absolute atomic E-state index is 4.44. The van der Waals surface area contributed by atoms with Crippen LogP contribution in [0.25, 0.3) is 0 Å². The van der Waals surface area contributed by atoms with Gasteiger partial charge >= 0.3 is 0 Å². The van der Waals surface area contributed by atoms with E-state index in [1.54, 1.807) is 11.3 Å². The van der Waals surface area contributed by atoms with Gasteiger partial charge in [-0.05, 0) is 33.4 Å². The topological polar surface area (TPSA) is 37.0 Å². The van der Waals surface area contributed by atoms with Crippen molar-refractivity contribution in [3.05, 3.63) is 16.1 Å². The third-order valence-electron chi connectivity index (χ3n) is 2.53. The predicted octanol–water partition coefficient (Wildman–Crippen LogP) is 1.97. The monoisotopic (exact) mass is 241 g/mol. The highest BCUT2D eigenvalue weighted by Crippen LogP contribution is 2.07. The van der Waals surface area contributed by atoms with E-state index in [1.165, 1.54) is 12.1 Å². The normalized spacial score (nSPS) is 12.9. The van der Waals surface area contributed by atoms with Gasteiger partial charge in [0.05, 0.1) is 10.7 Å². The third kappa shape index (κ3) is 5.58. The lowest BCUT2D eigenvalue weighted by Gasteiger charge is -2.12. The molecule has 1 rings (SSSR count). The van der Waals surface area contributed by atoms with E-state index in [2.05, 4.69) is 41.8 Å². The largest absolute Gasteiger partial charge is 0.316 e. The van der Waals surface area contributed by atoms with Crippen LogP contribution >= 0.6 is 11.3 Å². The molecule has 0 aromatic carbocycles. The average molecular weight is 241 g/mol. The van der Waals surface area contributed by atoms with Gasteiger partial charge in [-0.3, -0.25) is 0 Å². The minimum absolute atomic E-state index is 0.610. The van der Waals surface area contributed by atoms with Crippen LogP contribution in [0.5, 0.6) is 0 Å². The highest BCUT2D eigenvalue weighted by molar-refractivity contribution is 7.09. The molecule has 0 radical (unpaired) electrons. The fraction of sp³-hybridized carbons (Fsp3) is 0.750. The first kappa shape index (κ1) is 13.6. The van der Waals surface area contributed by atoms with Crippen LogP contribution in [0.4, 0.5) is 0 Å². The van der Waals surface area contributed by atoms with Gasteiger partial charge in [-0.2, -0.15) is 0 Å². The van der Waals surface area contributed by atoms with Gasteiger partial charge in [-0.15, -0.1) is 11.3 Å². The molecule has 0 aliphatic rings. The molecule has 0 aliphatic carbocycles. The molecule has 0 bridgehead atoms. The number of thiazole rings is 1. The van der Waals surface area contributed by atoms with E-state index < -0.39 is 0 Å². The number of aromatic nitrogens is 1. The molecule has 2 N–H and O–H groups in total. The molecule has 0 aliphatic heterocycles. The second kappa shape index (κ2) is 7.76. The first-order valence-corrected chi connectivity index (χ1v) is 6.95. The molecule has 3 nitrogen and oxygen atoms in total. The Balaban J connectivity index is 2.00. The molecule has 0 spiro atoms. The van der Waals surface area contributed by atoms with Crippen molar-refractivity contribution < 1.29 is 0 Å². The summed E-state index contributed by atoms with van der Waals surface area (Å²) in [6.07, 6.45) is 2.23. The maximum Gasteiger partial charge on any atom is 0.0897 e. The molecule has 92 valence electrons. The fourth-order valence-corrected chi connectivity index (χ4v) is 2.28. The number of hydrogen-bond acceptors (Lipinski definition) is 4. The SMILES string of the molecule is CCNC(C)CCNCCc1csc(C)n1. The maximum atomic E-state index is 4.44. The van der Waals surface area contributed by atoms with Crippen molar-refractivity contribution in [1.82, 2.24) is 15.6 Å². The zero-order valence-electron chi connectivity index (χ0n) is 10.5. The van der Waals surface area contributed by atoms with Gasteiger partial charge < -0.3 is 10.6 Å². The van der Waals surface area contributed by atoms with Crippen LogP contribution in [-0.4, -0.2) is 30.7 Å². The molecule has 0 fully saturated rings. The molecule has 0 saturated carbocycles. The first-order valence-electron chi connectivity index (χ1n) is 6.07. The predicted molar refractivity (Wildman–Crippen MR) is 71.2 cm³/mol. The van der Waals surface area contributed by atoms with Crippen molar-refractivity contribution in [2.45, 2.75) is 39.7 Å². The minimum atomic E-state index is 0.610. The molecule has 1 unspecified atom stereocenters. The van der Waals surface area contributed by atoms with E-state index in [4.69, 9.17) is 0 Å². The quantitative estimate of drug-likeness (QED) is 0.683. The lowest BCUT2D eigenvalue weighted by Crippen LogP contribution is -2.30. The van der Waals surface area contributed by atoms with E-state index in [-0.39, 0.29) is 0 Å². The Kier molecular flexibility index (Phi) is 6.61. The van der Waals surface area contributed by atoms with E-state index in [0.29, 0.717) is 6.04 Å². The van der Waals surface area contributed by atoms with Crippen LogP contribution in [0.2, 0.25) is 0 Å². The lowest BCUT2D eigenvalue weighted by molar-refractivity contribution is 0.505. The summed E-state index contributed by atoms with van der Waals surface area (Å²) in [5.74, 6) is 0. The van der Waals surface area contributed by atoms with E-state index in [9.17, 15) is 0 Å². The summed E-state index contributed by atoms with van der Waals surface area (Å²) in [5, 5.41) is 10.2. The number of aryl methyl sites for hydroxylation is 1. The Hall–Kier alpha value is -0.450. The number of nitrogens with zero attached hydrogens (tertiary/aromatic N) is 1. The molecule has 1 aromatic rings. The highest BCUT2D eigenvalue weighted by Gasteiger charge is 2.00. The zero-order chi connectivity index (χ0) is 11.8. The Morgan fingerprint density at radius 3 is 2.88 bits per heavy atom. The summed E-state index contributed by atoms with van der Waals surface area (Å²) in [4.78, 5) is 4.44. The van der Waals surface area contributed by atoms with E-state index in [0.717, 1.165) is 31.1 Å². The number of rotatable bonds is 8. The molecule has 0 amide bonds. The van der Waals surface area contributed by atoms with Crippen LogP contribution in [0.3, 0.4) is 0 Å². The van der Waals surface area contributed by atoms with Crippen LogP contribution < -0.4 is 10.6 Å². The van der Waals surface area contributed by atoms with Crippen molar-refractivity contribution in [2.75, 3.05) is 19.6 Å². The van der Waals surface area contributed by atoms with Gasteiger partial charge in [-0.25, -0.2) is 4.98 Å². The van der Waals surface area contributed by atoms with Gasteiger partial charge in [-0.1, -0.05) is 6.92 Å². The summed E-state index contributed by atoms with van der Waals surface area (Å²) in [7, 11) is 0. The summed E-state index contributed by atoms with van der Waals surface area (Å²) in [6, 6.07) is 0.610. The Morgan fingerprint density at radius 2 is 2.25 bits per heavy atom. The van der Waals surface area contributed by atoms with E-state index in [1.807, 2.05) is 0 Å². The fourth-order valence-electron chi connectivity index (χ4n) is 1.63. The van der Waals surface area contributed by atoms with Crippen molar-refractivity contribution in [3.8, 4) is 0 Å². The summed E-state index contributed by atoms with van der Waals surface area (Å²) in [5.41, 5.74) is 1.22. The van der Waals surface area contributed by atoms with Crippen molar-refractivity contribution in [3.63, 3.8) is 0 Å². The number of nitrogens with one attached hydrogen (secondary N) is 2. The summed E-state index contributed by atoms with van der Waals surface area (Å²) >= 11 is 1.73. The molecule has 1 heterocycles. The molecular weight excluding hydrogens is 218 g/mol. The molecule has 4 heteroatoms. The lowest BCUT2D eigenvalue weighted by atomic mass is 10.2. The number of hydrogen-bond donors (Lipinski definition) is 2. The zero-order valence-corrected chi connectivity index (χ0v) is 11.4. The summed E-state index contributed by atoms with van der Waals surface area (Å²) < 4.78 is 0. The van der Waals surface area contributed by atoms with Gasteiger partial charge in [0.15, 0.2) is 0 Å². The molecule has 1 atom stereocenters. The average Bonchev–Trinajstić information content (AvgIpc) is 2.64. The van der Waals surface area contributed by atoms with Crippen LogP contribution in [0.1, 0.15) is 31.0 Å². The van der Waals surface area contributed by atoms with Gasteiger partial charge in [0.25, 0.3) is 0 Å². The Labute approximate surface area is 103 Å². The second-order valence-electron chi connectivity index (χ2n) is 4.11. The molecule has 16 heavy (non-hydrogen) atoms. The highest BCUT2D eigenvalue weighted by atomic mass is 32.1. The van der Waals surface area contributed by atoms with Gasteiger partial charge in [0.2, 0.25) is 0 Å². The first-order chi connectivity index (χ1) is 7.72. The standard InChI is InChI=1S/C12H23N3S/c1-4-14-10(2)5-7-13-8-6-12-9-16-11(3)15-12/h9-10,13-14H,4-8H2,1-3H3. The summed E-state index contributed by atoms with van der Waals surface area (Å²) in [6.45, 7) is 9.60. The Bertz CT molecular complexity index is 286. The van der Waals surface area contributed by atoms with Crippen LogP contribution in [0.15, 0.2) is 5.38 Å². The minimum Gasteiger partial charge on any atom is -0.316 e. The van der Waals surface area contributed by atoms with Gasteiger partial charge in [0, 0.05) is 24.4 Å². The molecular formula is C12H23N3S. The Morgan fingerprint density at radius 1 is 1.44 bits per heavy atom. The van der Waals surface area contributed by atoms with Crippen molar-refractivity contribution >= 4 is 11.3 Å². The van der Waals surface area contributed by atoms with E-state index >= 15 is 0 Å².